The van der Waals surface area contributed by atoms with Crippen LogP contribution < -0.4 is 15.5 Å². The van der Waals surface area contributed by atoms with Crippen LogP contribution in [0.5, 0.6) is 0 Å². The molecule has 1 unspecified atom stereocenters. The number of carbonyl (C=O) groups excluding carboxylic acids is 1. The van der Waals surface area contributed by atoms with E-state index in [9.17, 15) is 4.79 Å². The van der Waals surface area contributed by atoms with Gasteiger partial charge in [0.15, 0.2) is 0 Å². The first kappa shape index (κ1) is 13.2. The summed E-state index contributed by atoms with van der Waals surface area (Å²) in [4.78, 5) is 13.8. The summed E-state index contributed by atoms with van der Waals surface area (Å²) in [5.41, 5.74) is 1.01. The highest BCUT2D eigenvalue weighted by atomic mass is 35.5. The molecule has 1 heterocycles. The van der Waals surface area contributed by atoms with E-state index in [1.807, 2.05) is 31.3 Å². The second kappa shape index (κ2) is 6.07. The zero-order chi connectivity index (χ0) is 13.0. The second-order valence-electron chi connectivity index (χ2n) is 4.52. The van der Waals surface area contributed by atoms with Gasteiger partial charge in [-0.25, -0.2) is 0 Å². The molecular weight excluding hydrogens is 250 g/mol. The van der Waals surface area contributed by atoms with E-state index in [-0.39, 0.29) is 11.9 Å². The van der Waals surface area contributed by atoms with Gasteiger partial charge in [0.25, 0.3) is 0 Å². The lowest BCUT2D eigenvalue weighted by Crippen LogP contribution is -2.54. The maximum atomic E-state index is 11.7. The van der Waals surface area contributed by atoms with Crippen LogP contribution >= 0.6 is 11.6 Å². The van der Waals surface area contributed by atoms with Crippen LogP contribution in [0.2, 0.25) is 5.02 Å². The van der Waals surface area contributed by atoms with E-state index >= 15 is 0 Å². The van der Waals surface area contributed by atoms with Crippen LogP contribution in [0.15, 0.2) is 24.3 Å². The molecule has 1 aliphatic rings. The van der Waals surface area contributed by atoms with Crippen LogP contribution in [0.25, 0.3) is 0 Å². The maximum absolute atomic E-state index is 11.7. The standard InChI is InChI=1S/C13H18ClN3O/c1-15-6-5-11-8-17(9-13(18)16-11)12-4-2-3-10(14)7-12/h2-4,7,11,15H,5-6,8-9H2,1H3,(H,16,18). The predicted molar refractivity (Wildman–Crippen MR) is 74.1 cm³/mol. The summed E-state index contributed by atoms with van der Waals surface area (Å²) >= 11 is 5.98. The summed E-state index contributed by atoms with van der Waals surface area (Å²) in [7, 11) is 1.92. The first-order valence-electron chi connectivity index (χ1n) is 6.13. The Morgan fingerprint density at radius 2 is 2.39 bits per heavy atom. The molecule has 18 heavy (non-hydrogen) atoms. The van der Waals surface area contributed by atoms with E-state index in [4.69, 9.17) is 11.6 Å². The van der Waals surface area contributed by atoms with Crippen LogP contribution in [0, 0.1) is 0 Å². The van der Waals surface area contributed by atoms with Crippen LogP contribution in [0.1, 0.15) is 6.42 Å². The minimum Gasteiger partial charge on any atom is -0.360 e. The van der Waals surface area contributed by atoms with Gasteiger partial charge in [-0.05, 0) is 38.2 Å². The van der Waals surface area contributed by atoms with Gasteiger partial charge in [0.1, 0.15) is 0 Å². The third-order valence-corrected chi connectivity index (χ3v) is 3.29. The third-order valence-electron chi connectivity index (χ3n) is 3.06. The fraction of sp³-hybridized carbons (Fsp3) is 0.462. The topological polar surface area (TPSA) is 44.4 Å². The van der Waals surface area contributed by atoms with E-state index in [2.05, 4.69) is 15.5 Å². The molecular formula is C13H18ClN3O. The summed E-state index contributed by atoms with van der Waals surface area (Å²) in [6.07, 6.45) is 0.930. The van der Waals surface area contributed by atoms with Crippen LogP contribution in [0.3, 0.4) is 0 Å². The summed E-state index contributed by atoms with van der Waals surface area (Å²) in [6, 6.07) is 7.83. The minimum atomic E-state index is 0.0716. The molecule has 0 spiro atoms. The maximum Gasteiger partial charge on any atom is 0.239 e. The van der Waals surface area contributed by atoms with Gasteiger partial charge in [-0.15, -0.1) is 0 Å². The highest BCUT2D eigenvalue weighted by molar-refractivity contribution is 6.30. The number of amides is 1. The van der Waals surface area contributed by atoms with E-state index in [1.165, 1.54) is 0 Å². The number of halogens is 1. The van der Waals surface area contributed by atoms with Crippen molar-refractivity contribution in [3.63, 3.8) is 0 Å². The number of anilines is 1. The Hall–Kier alpha value is -1.26. The molecule has 1 aromatic rings. The van der Waals surface area contributed by atoms with Crippen molar-refractivity contribution in [1.82, 2.24) is 10.6 Å². The van der Waals surface area contributed by atoms with Crippen molar-refractivity contribution >= 4 is 23.2 Å². The summed E-state index contributed by atoms with van der Waals surface area (Å²) in [5.74, 6) is 0.0716. The number of nitrogens with zero attached hydrogens (tertiary/aromatic N) is 1. The van der Waals surface area contributed by atoms with Gasteiger partial charge < -0.3 is 15.5 Å². The zero-order valence-corrected chi connectivity index (χ0v) is 11.2. The Bertz CT molecular complexity index is 424. The molecule has 98 valence electrons. The highest BCUT2D eigenvalue weighted by Gasteiger charge is 2.24. The zero-order valence-electron chi connectivity index (χ0n) is 10.4. The Kier molecular flexibility index (Phi) is 4.44. The van der Waals surface area contributed by atoms with Crippen molar-refractivity contribution in [2.45, 2.75) is 12.5 Å². The van der Waals surface area contributed by atoms with Gasteiger partial charge in [-0.2, -0.15) is 0 Å². The van der Waals surface area contributed by atoms with Gasteiger partial charge in [0.05, 0.1) is 6.54 Å². The van der Waals surface area contributed by atoms with E-state index in [1.54, 1.807) is 0 Å². The van der Waals surface area contributed by atoms with Crippen molar-refractivity contribution < 1.29 is 4.79 Å². The number of rotatable bonds is 4. The predicted octanol–water partition coefficient (Wildman–Crippen LogP) is 1.25. The van der Waals surface area contributed by atoms with Crippen LogP contribution in [0.4, 0.5) is 5.69 Å². The van der Waals surface area contributed by atoms with Gasteiger partial charge in [-0.1, -0.05) is 17.7 Å². The molecule has 1 amide bonds. The molecule has 2 rings (SSSR count). The summed E-state index contributed by atoms with van der Waals surface area (Å²) in [6.45, 7) is 2.12. The molecule has 5 heteroatoms. The number of hydrogen-bond donors (Lipinski definition) is 2. The molecule has 0 radical (unpaired) electrons. The van der Waals surface area contributed by atoms with Crippen LogP contribution in [-0.4, -0.2) is 38.6 Å². The first-order chi connectivity index (χ1) is 8.69. The third kappa shape index (κ3) is 3.37. The van der Waals surface area contributed by atoms with Gasteiger partial charge in [-0.3, -0.25) is 4.79 Å². The first-order valence-corrected chi connectivity index (χ1v) is 6.51. The monoisotopic (exact) mass is 267 g/mol. The molecule has 1 aromatic carbocycles. The van der Waals surface area contributed by atoms with E-state index in [0.29, 0.717) is 11.6 Å². The smallest absolute Gasteiger partial charge is 0.239 e. The number of benzene rings is 1. The number of hydrogen-bond acceptors (Lipinski definition) is 3. The molecule has 1 atom stereocenters. The number of piperazine rings is 1. The van der Waals surface area contributed by atoms with Crippen molar-refractivity contribution in [2.24, 2.45) is 0 Å². The molecule has 0 aliphatic carbocycles. The lowest BCUT2D eigenvalue weighted by Gasteiger charge is -2.34. The van der Waals surface area contributed by atoms with E-state index in [0.717, 1.165) is 25.2 Å². The Labute approximate surface area is 112 Å². The molecule has 0 bridgehead atoms. The SMILES string of the molecule is CNCCC1CN(c2cccc(Cl)c2)CC(=O)N1. The summed E-state index contributed by atoms with van der Waals surface area (Å²) in [5, 5.41) is 6.81. The minimum absolute atomic E-state index is 0.0716. The Morgan fingerprint density at radius 1 is 1.56 bits per heavy atom. The lowest BCUT2D eigenvalue weighted by atomic mass is 10.1. The van der Waals surface area contributed by atoms with Gasteiger partial charge >= 0.3 is 0 Å². The van der Waals surface area contributed by atoms with Crippen molar-refractivity contribution in [2.75, 3.05) is 31.6 Å². The summed E-state index contributed by atoms with van der Waals surface area (Å²) < 4.78 is 0. The van der Waals surface area contributed by atoms with Crippen LogP contribution in [-0.2, 0) is 4.79 Å². The quantitative estimate of drug-likeness (QED) is 0.863. The molecule has 0 aromatic heterocycles. The number of nitrogens with one attached hydrogen (secondary N) is 2. The number of carbonyl (C=O) groups is 1. The van der Waals surface area contributed by atoms with Crippen molar-refractivity contribution in [3.05, 3.63) is 29.3 Å². The normalized spacial score (nSPS) is 19.8. The highest BCUT2D eigenvalue weighted by Crippen LogP contribution is 2.21. The molecule has 1 fully saturated rings. The molecule has 1 saturated heterocycles. The van der Waals surface area contributed by atoms with E-state index < -0.39 is 0 Å². The fourth-order valence-corrected chi connectivity index (χ4v) is 2.36. The largest absolute Gasteiger partial charge is 0.360 e. The molecule has 0 saturated carbocycles. The Morgan fingerprint density at radius 3 is 3.11 bits per heavy atom. The average molecular weight is 268 g/mol. The Balaban J connectivity index is 2.06. The van der Waals surface area contributed by atoms with Gasteiger partial charge in [0.2, 0.25) is 5.91 Å². The molecule has 2 N–H and O–H groups in total. The fourth-order valence-electron chi connectivity index (χ4n) is 2.17. The second-order valence-corrected chi connectivity index (χ2v) is 4.95. The van der Waals surface area contributed by atoms with Crippen molar-refractivity contribution in [1.29, 1.82) is 0 Å². The lowest BCUT2D eigenvalue weighted by molar-refractivity contribution is -0.121. The molecule has 4 nitrogen and oxygen atoms in total. The van der Waals surface area contributed by atoms with Crippen molar-refractivity contribution in [3.8, 4) is 0 Å². The molecule has 1 aliphatic heterocycles. The average Bonchev–Trinajstić information content (AvgIpc) is 2.36. The van der Waals surface area contributed by atoms with Gasteiger partial charge in [0, 0.05) is 23.3 Å².